The van der Waals surface area contributed by atoms with Gasteiger partial charge in [0.1, 0.15) is 10.6 Å². The quantitative estimate of drug-likeness (QED) is 0.661. The third-order valence-corrected chi connectivity index (χ3v) is 4.56. The van der Waals surface area contributed by atoms with Crippen molar-refractivity contribution in [3.8, 4) is 0 Å². The van der Waals surface area contributed by atoms with Crippen LogP contribution >= 0.6 is 11.3 Å². The Morgan fingerprint density at radius 2 is 2.40 bits per heavy atom. The van der Waals surface area contributed by atoms with E-state index in [-0.39, 0.29) is 0 Å². The number of aryl methyl sites for hydroxylation is 1. The van der Waals surface area contributed by atoms with Gasteiger partial charge < -0.3 is 9.64 Å². The van der Waals surface area contributed by atoms with Crippen LogP contribution in [0.15, 0.2) is 6.07 Å². The minimum absolute atomic E-state index is 0.476. The van der Waals surface area contributed by atoms with Crippen molar-refractivity contribution in [2.75, 3.05) is 37.1 Å². The molecule has 20 heavy (non-hydrogen) atoms. The first-order valence-electron chi connectivity index (χ1n) is 6.70. The summed E-state index contributed by atoms with van der Waals surface area (Å²) < 4.78 is 5.26. The average molecular weight is 293 g/mol. The van der Waals surface area contributed by atoms with Gasteiger partial charge in [-0.2, -0.15) is 4.98 Å². The molecule has 0 radical (unpaired) electrons. The highest BCUT2D eigenvalue weighted by Gasteiger charge is 2.25. The Balaban J connectivity index is 1.97. The van der Waals surface area contributed by atoms with Gasteiger partial charge in [-0.15, -0.1) is 11.3 Å². The Morgan fingerprint density at radius 3 is 3.15 bits per heavy atom. The molecule has 1 saturated heterocycles. The zero-order chi connectivity index (χ0) is 14.1. The highest BCUT2D eigenvalue weighted by molar-refractivity contribution is 7.18. The maximum atomic E-state index is 5.48. The van der Waals surface area contributed by atoms with Crippen molar-refractivity contribution in [1.29, 1.82) is 0 Å². The number of nitrogens with two attached hydrogens (primary N) is 1. The third kappa shape index (κ3) is 2.44. The van der Waals surface area contributed by atoms with E-state index in [0.29, 0.717) is 11.9 Å². The fraction of sp³-hybridized carbons (Fsp3) is 0.538. The number of rotatable bonds is 4. The van der Waals surface area contributed by atoms with Crippen molar-refractivity contribution in [2.45, 2.75) is 13.3 Å². The fourth-order valence-electron chi connectivity index (χ4n) is 2.73. The highest BCUT2D eigenvalue weighted by atomic mass is 32.1. The Labute approximate surface area is 121 Å². The van der Waals surface area contributed by atoms with Crippen LogP contribution in [0, 0.1) is 12.8 Å². The summed E-state index contributed by atoms with van der Waals surface area (Å²) in [7, 11) is 1.75. The van der Waals surface area contributed by atoms with E-state index in [1.807, 2.05) is 0 Å². The molecule has 6 nitrogen and oxygen atoms in total. The lowest BCUT2D eigenvalue weighted by atomic mass is 10.1. The summed E-state index contributed by atoms with van der Waals surface area (Å²) in [4.78, 5) is 13.5. The summed E-state index contributed by atoms with van der Waals surface area (Å²) >= 11 is 1.67. The highest BCUT2D eigenvalue weighted by Crippen LogP contribution is 2.34. The maximum absolute atomic E-state index is 5.48. The Bertz CT molecular complexity index is 614. The first-order chi connectivity index (χ1) is 9.71. The Hall–Kier alpha value is -1.44. The van der Waals surface area contributed by atoms with Crippen molar-refractivity contribution in [2.24, 2.45) is 11.8 Å². The summed E-state index contributed by atoms with van der Waals surface area (Å²) in [6, 6.07) is 2.15. The standard InChI is InChI=1S/C13H19N5OS/c1-8-5-10-11(15-13(17-14)16-12(10)20-8)18-4-3-9(6-18)7-19-2/h5,9H,3-4,6-7,14H2,1-2H3,(H,15,16,17). The molecule has 1 fully saturated rings. The second-order valence-corrected chi connectivity index (χ2v) is 6.38. The molecule has 0 aromatic carbocycles. The van der Waals surface area contributed by atoms with Crippen LogP contribution in [0.1, 0.15) is 11.3 Å². The molecule has 3 heterocycles. The molecule has 3 rings (SSSR count). The molecule has 1 atom stereocenters. The second kappa shape index (κ2) is 5.51. The van der Waals surface area contributed by atoms with Crippen LogP contribution in [-0.2, 0) is 4.74 Å². The number of hydrazine groups is 1. The van der Waals surface area contributed by atoms with Crippen molar-refractivity contribution in [1.82, 2.24) is 9.97 Å². The average Bonchev–Trinajstić information content (AvgIpc) is 3.03. The molecule has 2 aromatic rings. The molecule has 7 heteroatoms. The number of aromatic nitrogens is 2. The molecule has 0 spiro atoms. The first-order valence-corrected chi connectivity index (χ1v) is 7.51. The van der Waals surface area contributed by atoms with Gasteiger partial charge in [-0.05, 0) is 19.4 Å². The first kappa shape index (κ1) is 13.5. The third-order valence-electron chi connectivity index (χ3n) is 3.61. The zero-order valence-corrected chi connectivity index (χ0v) is 12.5. The number of nitrogen functional groups attached to an aromatic ring is 1. The molecule has 1 aliphatic heterocycles. The van der Waals surface area contributed by atoms with E-state index >= 15 is 0 Å². The normalized spacial score (nSPS) is 18.9. The van der Waals surface area contributed by atoms with Gasteiger partial charge in [-0.3, -0.25) is 5.43 Å². The number of hydrogen-bond donors (Lipinski definition) is 2. The number of ether oxygens (including phenoxy) is 1. The number of nitrogens with one attached hydrogen (secondary N) is 1. The van der Waals surface area contributed by atoms with E-state index in [2.05, 4.69) is 33.3 Å². The van der Waals surface area contributed by atoms with E-state index in [0.717, 1.165) is 42.2 Å². The van der Waals surface area contributed by atoms with Crippen LogP contribution in [0.4, 0.5) is 11.8 Å². The lowest BCUT2D eigenvalue weighted by molar-refractivity contribution is 0.161. The number of hydrogen-bond acceptors (Lipinski definition) is 7. The number of fused-ring (bicyclic) bond motifs is 1. The van der Waals surface area contributed by atoms with Crippen LogP contribution in [0.25, 0.3) is 10.2 Å². The van der Waals surface area contributed by atoms with Crippen LogP contribution in [0.5, 0.6) is 0 Å². The topological polar surface area (TPSA) is 76.3 Å². The summed E-state index contributed by atoms with van der Waals surface area (Å²) in [6.45, 7) is 4.86. The van der Waals surface area contributed by atoms with Crippen molar-refractivity contribution in [3.05, 3.63) is 10.9 Å². The molecule has 0 bridgehead atoms. The van der Waals surface area contributed by atoms with Gasteiger partial charge in [0, 0.05) is 31.0 Å². The van der Waals surface area contributed by atoms with E-state index < -0.39 is 0 Å². The van der Waals surface area contributed by atoms with Gasteiger partial charge in [-0.1, -0.05) is 0 Å². The van der Waals surface area contributed by atoms with E-state index in [9.17, 15) is 0 Å². The Kier molecular flexibility index (Phi) is 3.73. The fourth-order valence-corrected chi connectivity index (χ4v) is 3.60. The zero-order valence-electron chi connectivity index (χ0n) is 11.7. The molecule has 1 aliphatic rings. The summed E-state index contributed by atoms with van der Waals surface area (Å²) in [5.74, 6) is 7.50. The number of methoxy groups -OCH3 is 1. The van der Waals surface area contributed by atoms with E-state index in [4.69, 9.17) is 10.6 Å². The van der Waals surface area contributed by atoms with Crippen LogP contribution < -0.4 is 16.2 Å². The molecule has 0 aliphatic carbocycles. The van der Waals surface area contributed by atoms with Crippen LogP contribution in [-0.4, -0.2) is 36.8 Å². The lowest BCUT2D eigenvalue weighted by Gasteiger charge is -2.19. The number of nitrogens with zero attached hydrogens (tertiary/aromatic N) is 3. The smallest absolute Gasteiger partial charge is 0.240 e. The summed E-state index contributed by atoms with van der Waals surface area (Å²) in [6.07, 6.45) is 1.13. The molecule has 108 valence electrons. The van der Waals surface area contributed by atoms with Gasteiger partial charge in [0.2, 0.25) is 5.95 Å². The largest absolute Gasteiger partial charge is 0.384 e. The SMILES string of the molecule is COCC1CCN(c2nc(NN)nc3sc(C)cc23)C1. The molecule has 3 N–H and O–H groups in total. The van der Waals surface area contributed by atoms with Crippen LogP contribution in [0.2, 0.25) is 0 Å². The molecule has 1 unspecified atom stereocenters. The Morgan fingerprint density at radius 1 is 1.55 bits per heavy atom. The number of anilines is 2. The molecular weight excluding hydrogens is 274 g/mol. The van der Waals surface area contributed by atoms with Gasteiger partial charge in [0.05, 0.1) is 12.0 Å². The maximum Gasteiger partial charge on any atom is 0.240 e. The van der Waals surface area contributed by atoms with Gasteiger partial charge >= 0.3 is 0 Å². The van der Waals surface area contributed by atoms with Crippen molar-refractivity contribution in [3.63, 3.8) is 0 Å². The summed E-state index contributed by atoms with van der Waals surface area (Å²) in [5.41, 5.74) is 2.56. The monoisotopic (exact) mass is 293 g/mol. The minimum Gasteiger partial charge on any atom is -0.384 e. The van der Waals surface area contributed by atoms with Gasteiger partial charge in [0.25, 0.3) is 0 Å². The summed E-state index contributed by atoms with van der Waals surface area (Å²) in [5, 5.41) is 1.12. The lowest BCUT2D eigenvalue weighted by Crippen LogP contribution is -2.23. The minimum atomic E-state index is 0.476. The molecular formula is C13H19N5OS. The predicted molar refractivity (Wildman–Crippen MR) is 82.2 cm³/mol. The molecule has 0 amide bonds. The predicted octanol–water partition coefficient (Wildman–Crippen LogP) is 1.76. The van der Waals surface area contributed by atoms with Crippen molar-refractivity contribution >= 4 is 33.3 Å². The van der Waals surface area contributed by atoms with Gasteiger partial charge in [0.15, 0.2) is 0 Å². The van der Waals surface area contributed by atoms with Gasteiger partial charge in [-0.25, -0.2) is 10.8 Å². The number of thiophene rings is 1. The van der Waals surface area contributed by atoms with Crippen molar-refractivity contribution < 1.29 is 4.74 Å². The molecule has 2 aromatic heterocycles. The van der Waals surface area contributed by atoms with Crippen LogP contribution in [0.3, 0.4) is 0 Å². The van der Waals surface area contributed by atoms with E-state index in [1.54, 1.807) is 18.4 Å². The molecule has 0 saturated carbocycles. The second-order valence-electron chi connectivity index (χ2n) is 5.15. The van der Waals surface area contributed by atoms with E-state index in [1.165, 1.54) is 4.88 Å².